The maximum absolute atomic E-state index is 6.08. The van der Waals surface area contributed by atoms with Crippen LogP contribution in [-0.2, 0) is 0 Å². The van der Waals surface area contributed by atoms with E-state index in [-0.39, 0.29) is 0 Å². The Bertz CT molecular complexity index is 471. The number of nitrogens with one attached hydrogen (secondary N) is 1. The second-order valence-electron chi connectivity index (χ2n) is 3.00. The van der Waals surface area contributed by atoms with Gasteiger partial charge in [-0.2, -0.15) is 0 Å². The van der Waals surface area contributed by atoms with Crippen molar-refractivity contribution >= 4 is 40.2 Å². The van der Waals surface area contributed by atoms with Crippen molar-refractivity contribution in [3.8, 4) is 0 Å². The van der Waals surface area contributed by atoms with E-state index >= 15 is 0 Å². The van der Waals surface area contributed by atoms with Gasteiger partial charge in [0.25, 0.3) is 0 Å². The molecule has 0 aliphatic carbocycles. The molecule has 2 rings (SSSR count). The fourth-order valence-electron chi connectivity index (χ4n) is 1.39. The average molecular weight is 226 g/mol. The third kappa shape index (κ3) is 1.79. The molecule has 72 valence electrons. The van der Waals surface area contributed by atoms with Crippen LogP contribution in [0.3, 0.4) is 0 Å². The van der Waals surface area contributed by atoms with Crippen LogP contribution < -0.4 is 0 Å². The molecule has 14 heavy (non-hydrogen) atoms. The summed E-state index contributed by atoms with van der Waals surface area (Å²) in [4.78, 5) is 3.11. The predicted molar refractivity (Wildman–Crippen MR) is 63.1 cm³/mol. The highest BCUT2D eigenvalue weighted by Gasteiger charge is 2.00. The van der Waals surface area contributed by atoms with E-state index in [0.717, 1.165) is 21.5 Å². The molecule has 0 aliphatic heterocycles. The van der Waals surface area contributed by atoms with Gasteiger partial charge in [-0.05, 0) is 23.8 Å². The first-order chi connectivity index (χ1) is 6.81. The molecule has 0 aliphatic rings. The fraction of sp³-hybridized carbons (Fsp3) is 0.0909. The molecule has 1 nitrogen and oxygen atoms in total. The Morgan fingerprint density at radius 2 is 2.21 bits per heavy atom. The first kappa shape index (κ1) is 9.63. The fourth-order valence-corrected chi connectivity index (χ4v) is 1.71. The quantitative estimate of drug-likeness (QED) is 0.742. The largest absolute Gasteiger partial charge is 0.361 e. The molecule has 0 bridgehead atoms. The van der Waals surface area contributed by atoms with Gasteiger partial charge in [0.1, 0.15) is 0 Å². The Labute approximate surface area is 92.3 Å². The zero-order chi connectivity index (χ0) is 9.97. The van der Waals surface area contributed by atoms with E-state index in [4.69, 9.17) is 23.2 Å². The van der Waals surface area contributed by atoms with Crippen LogP contribution in [0.5, 0.6) is 0 Å². The lowest BCUT2D eigenvalue weighted by Gasteiger charge is -1.98. The highest BCUT2D eigenvalue weighted by Crippen LogP contribution is 2.24. The van der Waals surface area contributed by atoms with Gasteiger partial charge in [0.15, 0.2) is 0 Å². The lowest BCUT2D eigenvalue weighted by atomic mass is 10.1. The van der Waals surface area contributed by atoms with Crippen molar-refractivity contribution in [3.05, 3.63) is 41.1 Å². The smallest absolute Gasteiger partial charge is 0.0499 e. The molecular formula is C11H9Cl2N. The number of aromatic nitrogens is 1. The average Bonchev–Trinajstić information content (AvgIpc) is 2.61. The minimum atomic E-state index is 0.501. The van der Waals surface area contributed by atoms with Crippen molar-refractivity contribution < 1.29 is 0 Å². The molecule has 0 saturated carbocycles. The summed E-state index contributed by atoms with van der Waals surface area (Å²) in [6.07, 6.45) is 5.71. The topological polar surface area (TPSA) is 15.8 Å². The molecule has 2 aromatic rings. The van der Waals surface area contributed by atoms with Crippen LogP contribution in [-0.4, -0.2) is 10.9 Å². The van der Waals surface area contributed by atoms with Crippen LogP contribution in [0.4, 0.5) is 0 Å². The summed E-state index contributed by atoms with van der Waals surface area (Å²) in [6.45, 7) is 0. The van der Waals surface area contributed by atoms with Crippen LogP contribution >= 0.6 is 23.2 Å². The third-order valence-electron chi connectivity index (χ3n) is 2.06. The van der Waals surface area contributed by atoms with E-state index in [0.29, 0.717) is 5.88 Å². The molecule has 0 amide bonds. The number of H-pyrrole nitrogens is 1. The number of alkyl halides is 1. The Balaban J connectivity index is 2.53. The lowest BCUT2D eigenvalue weighted by Crippen LogP contribution is -1.76. The van der Waals surface area contributed by atoms with E-state index < -0.39 is 0 Å². The predicted octanol–water partition coefficient (Wildman–Crippen LogP) is 4.07. The summed E-state index contributed by atoms with van der Waals surface area (Å²) in [5.74, 6) is 0.501. The van der Waals surface area contributed by atoms with Gasteiger partial charge in [0.05, 0.1) is 0 Å². The molecule has 1 heterocycles. The third-order valence-corrected chi connectivity index (χ3v) is 2.56. The van der Waals surface area contributed by atoms with Crippen LogP contribution in [0.15, 0.2) is 30.5 Å². The van der Waals surface area contributed by atoms with Gasteiger partial charge in [-0.1, -0.05) is 23.8 Å². The number of fused-ring (bicyclic) bond motifs is 1. The molecule has 0 radical (unpaired) electrons. The van der Waals surface area contributed by atoms with Gasteiger partial charge in [-0.25, -0.2) is 0 Å². The lowest BCUT2D eigenvalue weighted by molar-refractivity contribution is 1.48. The normalized spacial score (nSPS) is 11.6. The number of halogens is 2. The van der Waals surface area contributed by atoms with Crippen LogP contribution in [0.2, 0.25) is 5.02 Å². The number of allylic oxidation sites excluding steroid dienone is 1. The molecule has 1 aromatic heterocycles. The minimum absolute atomic E-state index is 0.501. The highest BCUT2D eigenvalue weighted by atomic mass is 35.5. The number of benzene rings is 1. The van der Waals surface area contributed by atoms with E-state index in [9.17, 15) is 0 Å². The van der Waals surface area contributed by atoms with Crippen molar-refractivity contribution in [2.75, 3.05) is 5.88 Å². The van der Waals surface area contributed by atoms with Crippen molar-refractivity contribution in [2.45, 2.75) is 0 Å². The molecule has 1 N–H and O–H groups in total. The summed E-state index contributed by atoms with van der Waals surface area (Å²) < 4.78 is 0. The second kappa shape index (κ2) is 4.07. The summed E-state index contributed by atoms with van der Waals surface area (Å²) in [6, 6.07) is 5.98. The van der Waals surface area contributed by atoms with Gasteiger partial charge in [-0.15, -0.1) is 11.6 Å². The summed E-state index contributed by atoms with van der Waals surface area (Å²) >= 11 is 11.6. The van der Waals surface area contributed by atoms with Crippen LogP contribution in [0.1, 0.15) is 5.56 Å². The van der Waals surface area contributed by atoms with Gasteiger partial charge in [0, 0.05) is 28.0 Å². The molecular weight excluding hydrogens is 217 g/mol. The van der Waals surface area contributed by atoms with Gasteiger partial charge in [0.2, 0.25) is 0 Å². The van der Waals surface area contributed by atoms with Crippen molar-refractivity contribution in [2.24, 2.45) is 0 Å². The molecule has 1 aromatic carbocycles. The minimum Gasteiger partial charge on any atom is -0.361 e. The number of rotatable bonds is 2. The standard InChI is InChI=1S/C11H9Cl2N/c12-4-1-2-8-6-9-3-5-14-11(9)7-10(8)13/h1-3,5-7,14H,4H2. The Kier molecular flexibility index (Phi) is 2.80. The molecule has 0 spiro atoms. The SMILES string of the molecule is ClCC=Cc1cc2cc[nH]c2cc1Cl. The van der Waals surface area contributed by atoms with E-state index in [1.807, 2.05) is 36.5 Å². The Morgan fingerprint density at radius 1 is 1.36 bits per heavy atom. The summed E-state index contributed by atoms with van der Waals surface area (Å²) in [5.41, 5.74) is 2.05. The van der Waals surface area contributed by atoms with Crippen LogP contribution in [0.25, 0.3) is 17.0 Å². The zero-order valence-corrected chi connectivity index (χ0v) is 8.94. The maximum atomic E-state index is 6.08. The van der Waals surface area contributed by atoms with Gasteiger partial charge < -0.3 is 4.98 Å². The van der Waals surface area contributed by atoms with E-state index in [2.05, 4.69) is 4.98 Å². The highest BCUT2D eigenvalue weighted by molar-refractivity contribution is 6.32. The second-order valence-corrected chi connectivity index (χ2v) is 3.71. The van der Waals surface area contributed by atoms with Crippen molar-refractivity contribution in [1.29, 1.82) is 0 Å². The monoisotopic (exact) mass is 225 g/mol. The first-order valence-electron chi connectivity index (χ1n) is 4.30. The number of hydrogen-bond acceptors (Lipinski definition) is 0. The Morgan fingerprint density at radius 3 is 3.00 bits per heavy atom. The van der Waals surface area contributed by atoms with E-state index in [1.165, 1.54) is 0 Å². The number of aromatic amines is 1. The maximum Gasteiger partial charge on any atom is 0.0499 e. The molecule has 0 saturated heterocycles. The zero-order valence-electron chi connectivity index (χ0n) is 7.43. The molecule has 0 fully saturated rings. The van der Waals surface area contributed by atoms with Crippen molar-refractivity contribution in [1.82, 2.24) is 4.98 Å². The van der Waals surface area contributed by atoms with Gasteiger partial charge >= 0.3 is 0 Å². The number of hydrogen-bond donors (Lipinski definition) is 1. The Hall–Kier alpha value is -0.920. The van der Waals surface area contributed by atoms with Gasteiger partial charge in [-0.3, -0.25) is 0 Å². The van der Waals surface area contributed by atoms with Crippen molar-refractivity contribution in [3.63, 3.8) is 0 Å². The summed E-state index contributed by atoms with van der Waals surface area (Å²) in [7, 11) is 0. The summed E-state index contributed by atoms with van der Waals surface area (Å²) in [5, 5.41) is 1.89. The molecule has 0 atom stereocenters. The van der Waals surface area contributed by atoms with Crippen LogP contribution in [0, 0.1) is 0 Å². The molecule has 0 unspecified atom stereocenters. The molecule has 3 heteroatoms. The first-order valence-corrected chi connectivity index (χ1v) is 5.21. The van der Waals surface area contributed by atoms with E-state index in [1.54, 1.807) is 0 Å².